The van der Waals surface area contributed by atoms with Gasteiger partial charge in [0.25, 0.3) is 5.91 Å². The van der Waals surface area contributed by atoms with Crippen molar-refractivity contribution in [3.63, 3.8) is 0 Å². The number of amides is 1. The Labute approximate surface area is 126 Å². The highest BCUT2D eigenvalue weighted by Gasteiger charge is 2.33. The fraction of sp³-hybridized carbons (Fsp3) is 0.750. The number of carbonyl (C=O) groups is 1. The number of rotatable bonds is 6. The number of hydrogen-bond acceptors (Lipinski definition) is 3. The van der Waals surface area contributed by atoms with E-state index >= 15 is 0 Å². The summed E-state index contributed by atoms with van der Waals surface area (Å²) in [5.74, 6) is 0.837. The van der Waals surface area contributed by atoms with Crippen molar-refractivity contribution >= 4 is 5.91 Å². The predicted octanol–water partition coefficient (Wildman–Crippen LogP) is 2.00. The van der Waals surface area contributed by atoms with Crippen LogP contribution in [0, 0.1) is 12.8 Å². The minimum atomic E-state index is -0.314. The van der Waals surface area contributed by atoms with Crippen LogP contribution in [0.4, 0.5) is 0 Å². The average Bonchev–Trinajstić information content (AvgIpc) is 3.04. The zero-order valence-corrected chi connectivity index (χ0v) is 13.0. The zero-order chi connectivity index (χ0) is 14.8. The van der Waals surface area contributed by atoms with Crippen molar-refractivity contribution in [3.8, 4) is 0 Å². The number of likely N-dealkylation sites (tertiary alicyclic amines) is 1. The Balaban J connectivity index is 1.55. The van der Waals surface area contributed by atoms with Crippen molar-refractivity contribution in [2.75, 3.05) is 13.2 Å². The molecule has 1 aliphatic heterocycles. The van der Waals surface area contributed by atoms with E-state index < -0.39 is 0 Å². The summed E-state index contributed by atoms with van der Waals surface area (Å²) < 4.78 is 7.67. The molecule has 0 unspecified atom stereocenters. The van der Waals surface area contributed by atoms with Crippen molar-refractivity contribution in [2.24, 2.45) is 5.92 Å². The molecule has 0 spiro atoms. The zero-order valence-electron chi connectivity index (χ0n) is 13.0. The molecule has 2 heterocycles. The van der Waals surface area contributed by atoms with Crippen LogP contribution in [0.1, 0.15) is 38.2 Å². The monoisotopic (exact) mass is 291 g/mol. The molecular weight excluding hydrogens is 266 g/mol. The predicted molar refractivity (Wildman–Crippen MR) is 79.8 cm³/mol. The van der Waals surface area contributed by atoms with Gasteiger partial charge in [-0.3, -0.25) is 9.48 Å². The normalized spacial score (nSPS) is 23.5. The molecule has 5 heteroatoms. The van der Waals surface area contributed by atoms with Crippen LogP contribution < -0.4 is 0 Å². The lowest BCUT2D eigenvalue weighted by Gasteiger charge is -2.27. The van der Waals surface area contributed by atoms with E-state index in [9.17, 15) is 4.79 Å². The van der Waals surface area contributed by atoms with Crippen molar-refractivity contribution in [1.82, 2.24) is 14.7 Å². The molecule has 1 aliphatic carbocycles. The van der Waals surface area contributed by atoms with Gasteiger partial charge < -0.3 is 9.64 Å². The minimum Gasteiger partial charge on any atom is -0.368 e. The number of carbonyl (C=O) groups excluding carboxylic acids is 1. The summed E-state index contributed by atoms with van der Waals surface area (Å²) in [7, 11) is 0. The molecule has 1 aromatic heterocycles. The molecule has 1 saturated heterocycles. The van der Waals surface area contributed by atoms with E-state index in [0.29, 0.717) is 5.92 Å². The molecule has 1 aromatic rings. The van der Waals surface area contributed by atoms with Crippen LogP contribution in [0.3, 0.4) is 0 Å². The van der Waals surface area contributed by atoms with Gasteiger partial charge >= 0.3 is 0 Å². The van der Waals surface area contributed by atoms with Crippen LogP contribution >= 0.6 is 0 Å². The van der Waals surface area contributed by atoms with Crippen LogP contribution in [0.25, 0.3) is 0 Å². The molecule has 0 radical (unpaired) electrons. The minimum absolute atomic E-state index is 0.141. The molecule has 0 bridgehead atoms. The molecule has 3 rings (SSSR count). The summed E-state index contributed by atoms with van der Waals surface area (Å²) in [5.41, 5.74) is 1.16. The molecule has 116 valence electrons. The molecule has 5 nitrogen and oxygen atoms in total. The number of ether oxygens (including phenoxy) is 1. The second-order valence-electron chi connectivity index (χ2n) is 6.49. The van der Waals surface area contributed by atoms with Crippen LogP contribution in [-0.2, 0) is 16.1 Å². The maximum Gasteiger partial charge on any atom is 0.251 e. The largest absolute Gasteiger partial charge is 0.368 e. The van der Waals surface area contributed by atoms with Crippen molar-refractivity contribution in [3.05, 3.63) is 18.0 Å². The van der Waals surface area contributed by atoms with E-state index in [0.717, 1.165) is 38.1 Å². The standard InChI is InChI=1S/C16H25N3O2/c1-12-8-17-18(9-12)10-15-4-3-7-19(15)16(20)13(2)21-11-14-5-6-14/h8-9,13-15H,3-7,10-11H2,1-2H3/t13-,15+/m0/s1. The topological polar surface area (TPSA) is 47.4 Å². The highest BCUT2D eigenvalue weighted by atomic mass is 16.5. The summed E-state index contributed by atoms with van der Waals surface area (Å²) in [4.78, 5) is 14.5. The first kappa shape index (κ1) is 14.6. The first-order valence-electron chi connectivity index (χ1n) is 8.04. The van der Waals surface area contributed by atoms with Crippen LogP contribution in [0.15, 0.2) is 12.4 Å². The second kappa shape index (κ2) is 6.18. The van der Waals surface area contributed by atoms with E-state index in [4.69, 9.17) is 4.74 Å². The molecule has 1 saturated carbocycles. The SMILES string of the molecule is Cc1cnn(C[C@H]2CCCN2C(=O)[C@H](C)OCC2CC2)c1. The van der Waals surface area contributed by atoms with Crippen molar-refractivity contribution in [2.45, 2.75) is 58.2 Å². The first-order valence-corrected chi connectivity index (χ1v) is 8.04. The quantitative estimate of drug-likeness (QED) is 0.805. The summed E-state index contributed by atoms with van der Waals surface area (Å²) in [6, 6.07) is 0.253. The number of aromatic nitrogens is 2. The van der Waals surface area contributed by atoms with Gasteiger partial charge in [-0.05, 0) is 51.0 Å². The van der Waals surface area contributed by atoms with Gasteiger partial charge in [0.2, 0.25) is 0 Å². The lowest BCUT2D eigenvalue weighted by atomic mass is 10.2. The Kier molecular flexibility index (Phi) is 4.29. The molecule has 1 amide bonds. The first-order chi connectivity index (χ1) is 10.1. The van der Waals surface area contributed by atoms with Gasteiger partial charge in [0.15, 0.2) is 0 Å². The molecular formula is C16H25N3O2. The van der Waals surface area contributed by atoms with Gasteiger partial charge in [0, 0.05) is 12.7 Å². The molecule has 0 aromatic carbocycles. The Morgan fingerprint density at radius 2 is 2.29 bits per heavy atom. The number of nitrogens with zero attached hydrogens (tertiary/aromatic N) is 3. The third kappa shape index (κ3) is 3.64. The highest BCUT2D eigenvalue weighted by molar-refractivity contribution is 5.81. The molecule has 0 N–H and O–H groups in total. The van der Waals surface area contributed by atoms with E-state index in [1.54, 1.807) is 0 Å². The second-order valence-corrected chi connectivity index (χ2v) is 6.49. The smallest absolute Gasteiger partial charge is 0.251 e. The van der Waals surface area contributed by atoms with Crippen LogP contribution in [0.2, 0.25) is 0 Å². The Bertz CT molecular complexity index is 495. The van der Waals surface area contributed by atoms with E-state index in [1.807, 2.05) is 35.8 Å². The summed E-state index contributed by atoms with van der Waals surface area (Å²) in [6.07, 6.45) is 8.23. The number of hydrogen-bond donors (Lipinski definition) is 0. The molecule has 2 atom stereocenters. The summed E-state index contributed by atoms with van der Waals surface area (Å²) in [5, 5.41) is 4.33. The lowest BCUT2D eigenvalue weighted by Crippen LogP contribution is -2.43. The van der Waals surface area contributed by atoms with E-state index in [-0.39, 0.29) is 18.1 Å². The highest BCUT2D eigenvalue weighted by Crippen LogP contribution is 2.29. The van der Waals surface area contributed by atoms with Crippen molar-refractivity contribution < 1.29 is 9.53 Å². The molecule has 21 heavy (non-hydrogen) atoms. The van der Waals surface area contributed by atoms with Gasteiger partial charge in [-0.15, -0.1) is 0 Å². The lowest BCUT2D eigenvalue weighted by molar-refractivity contribution is -0.144. The Morgan fingerprint density at radius 1 is 1.48 bits per heavy atom. The van der Waals surface area contributed by atoms with Gasteiger partial charge in [-0.1, -0.05) is 0 Å². The summed E-state index contributed by atoms with van der Waals surface area (Å²) >= 11 is 0. The van der Waals surface area contributed by atoms with E-state index in [2.05, 4.69) is 5.10 Å². The van der Waals surface area contributed by atoms with Gasteiger partial charge in [0.05, 0.1) is 25.4 Å². The molecule has 2 fully saturated rings. The van der Waals surface area contributed by atoms with Crippen LogP contribution in [0.5, 0.6) is 0 Å². The van der Waals surface area contributed by atoms with Gasteiger partial charge in [0.1, 0.15) is 6.10 Å². The van der Waals surface area contributed by atoms with Gasteiger partial charge in [-0.2, -0.15) is 5.10 Å². The maximum atomic E-state index is 12.6. The third-order valence-corrected chi connectivity index (χ3v) is 4.45. The van der Waals surface area contributed by atoms with Crippen LogP contribution in [-0.4, -0.2) is 45.9 Å². The third-order valence-electron chi connectivity index (χ3n) is 4.45. The number of aryl methyl sites for hydroxylation is 1. The fourth-order valence-corrected chi connectivity index (χ4v) is 2.97. The maximum absolute atomic E-state index is 12.6. The Morgan fingerprint density at radius 3 is 2.95 bits per heavy atom. The van der Waals surface area contributed by atoms with Crippen molar-refractivity contribution in [1.29, 1.82) is 0 Å². The van der Waals surface area contributed by atoms with E-state index in [1.165, 1.54) is 12.8 Å². The summed E-state index contributed by atoms with van der Waals surface area (Å²) in [6.45, 7) is 6.30. The fourth-order valence-electron chi connectivity index (χ4n) is 2.97. The Hall–Kier alpha value is -1.36. The molecule has 2 aliphatic rings. The average molecular weight is 291 g/mol. The van der Waals surface area contributed by atoms with Gasteiger partial charge in [-0.25, -0.2) is 0 Å².